The molecule has 1 amide bonds. The Morgan fingerprint density at radius 3 is 2.65 bits per heavy atom. The van der Waals surface area contributed by atoms with Crippen LogP contribution in [0.5, 0.6) is 11.5 Å². The lowest BCUT2D eigenvalue weighted by Gasteiger charge is -2.20. The molecule has 0 fully saturated rings. The molecule has 4 heteroatoms. The number of hydrogen-bond donors (Lipinski definition) is 1. The third-order valence-electron chi connectivity index (χ3n) is 4.70. The van der Waals surface area contributed by atoms with Gasteiger partial charge in [0.1, 0.15) is 18.1 Å². The molecule has 26 heavy (non-hydrogen) atoms. The maximum Gasteiger partial charge on any atom is 0.258 e. The van der Waals surface area contributed by atoms with Crippen molar-refractivity contribution in [3.05, 3.63) is 59.2 Å². The highest BCUT2D eigenvalue weighted by molar-refractivity contribution is 5.77. The van der Waals surface area contributed by atoms with Crippen LogP contribution in [-0.4, -0.2) is 25.2 Å². The number of fused-ring (bicyclic) bond motifs is 1. The van der Waals surface area contributed by atoms with Crippen LogP contribution in [0.25, 0.3) is 0 Å². The third kappa shape index (κ3) is 4.78. The van der Waals surface area contributed by atoms with Crippen LogP contribution >= 0.6 is 0 Å². The van der Waals surface area contributed by atoms with Gasteiger partial charge in [0, 0.05) is 0 Å². The molecule has 1 N–H and O–H groups in total. The number of ether oxygens (including phenoxy) is 2. The van der Waals surface area contributed by atoms with Crippen molar-refractivity contribution in [1.82, 2.24) is 5.32 Å². The molecule has 138 valence electrons. The standard InChI is InChI=1S/C22H27NO3/c1-16-8-3-6-12-20(16)25-14-17(2)23-22(24)15-26-21-13-7-10-18-9-4-5-11-19(18)21/h3,6-8,10,12-13,17H,4-5,9,11,14-15H2,1-2H3,(H,23,24)/t17-/m1/s1. The summed E-state index contributed by atoms with van der Waals surface area (Å²) in [6.45, 7) is 4.40. The fraction of sp³-hybridized carbons (Fsp3) is 0.409. The topological polar surface area (TPSA) is 47.6 Å². The van der Waals surface area contributed by atoms with Crippen LogP contribution in [-0.2, 0) is 17.6 Å². The maximum atomic E-state index is 12.2. The average molecular weight is 353 g/mol. The minimum Gasteiger partial charge on any atom is -0.491 e. The lowest BCUT2D eigenvalue weighted by atomic mass is 9.91. The number of aryl methyl sites for hydroxylation is 2. The molecule has 1 aliphatic rings. The number of para-hydroxylation sites is 1. The molecule has 0 saturated heterocycles. The van der Waals surface area contributed by atoms with Crippen molar-refractivity contribution in [3.63, 3.8) is 0 Å². The maximum absolute atomic E-state index is 12.2. The van der Waals surface area contributed by atoms with Gasteiger partial charge >= 0.3 is 0 Å². The Labute approximate surface area is 155 Å². The summed E-state index contributed by atoms with van der Waals surface area (Å²) in [5, 5.41) is 2.93. The van der Waals surface area contributed by atoms with E-state index in [1.54, 1.807) is 0 Å². The van der Waals surface area contributed by atoms with Gasteiger partial charge in [-0.05, 0) is 68.4 Å². The second-order valence-corrected chi connectivity index (χ2v) is 6.93. The Hall–Kier alpha value is -2.49. The second-order valence-electron chi connectivity index (χ2n) is 6.93. The summed E-state index contributed by atoms with van der Waals surface area (Å²) in [6.07, 6.45) is 4.56. The summed E-state index contributed by atoms with van der Waals surface area (Å²) < 4.78 is 11.6. The van der Waals surface area contributed by atoms with Crippen molar-refractivity contribution < 1.29 is 14.3 Å². The zero-order valence-corrected chi connectivity index (χ0v) is 15.6. The summed E-state index contributed by atoms with van der Waals surface area (Å²) in [5.41, 5.74) is 3.71. The second kappa shape index (κ2) is 8.75. The highest BCUT2D eigenvalue weighted by atomic mass is 16.5. The van der Waals surface area contributed by atoms with E-state index in [4.69, 9.17) is 9.47 Å². The van der Waals surface area contributed by atoms with E-state index in [1.807, 2.05) is 50.2 Å². The predicted octanol–water partition coefficient (Wildman–Crippen LogP) is 3.84. The first-order valence-electron chi connectivity index (χ1n) is 9.35. The minimum atomic E-state index is -0.126. The normalized spacial score (nSPS) is 14.2. The Morgan fingerprint density at radius 2 is 1.81 bits per heavy atom. The molecule has 3 rings (SSSR count). The zero-order valence-electron chi connectivity index (χ0n) is 15.6. The number of nitrogens with one attached hydrogen (secondary N) is 1. The van der Waals surface area contributed by atoms with Crippen LogP contribution in [0.15, 0.2) is 42.5 Å². The van der Waals surface area contributed by atoms with E-state index in [0.29, 0.717) is 6.61 Å². The molecule has 0 aromatic heterocycles. The Balaban J connectivity index is 1.46. The number of carbonyl (C=O) groups is 1. The van der Waals surface area contributed by atoms with Crippen molar-refractivity contribution in [2.45, 2.75) is 45.6 Å². The molecule has 0 bridgehead atoms. The van der Waals surface area contributed by atoms with Crippen LogP contribution in [0, 0.1) is 6.92 Å². The van der Waals surface area contributed by atoms with E-state index in [0.717, 1.165) is 29.9 Å². The van der Waals surface area contributed by atoms with E-state index in [1.165, 1.54) is 24.0 Å². The monoisotopic (exact) mass is 353 g/mol. The first-order valence-corrected chi connectivity index (χ1v) is 9.35. The van der Waals surface area contributed by atoms with E-state index in [-0.39, 0.29) is 18.6 Å². The van der Waals surface area contributed by atoms with Crippen LogP contribution in [0.1, 0.15) is 36.5 Å². The molecule has 0 heterocycles. The van der Waals surface area contributed by atoms with Crippen molar-refractivity contribution in [2.75, 3.05) is 13.2 Å². The van der Waals surface area contributed by atoms with Crippen LogP contribution in [0.4, 0.5) is 0 Å². The Bertz CT molecular complexity index is 757. The summed E-state index contributed by atoms with van der Waals surface area (Å²) in [4.78, 5) is 12.2. The van der Waals surface area contributed by atoms with Gasteiger partial charge in [-0.1, -0.05) is 30.3 Å². The minimum absolute atomic E-state index is 0.0329. The summed E-state index contributed by atoms with van der Waals surface area (Å²) in [5.74, 6) is 1.57. The summed E-state index contributed by atoms with van der Waals surface area (Å²) in [7, 11) is 0. The third-order valence-corrected chi connectivity index (χ3v) is 4.70. The van der Waals surface area contributed by atoms with Crippen LogP contribution in [0.3, 0.4) is 0 Å². The lowest BCUT2D eigenvalue weighted by Crippen LogP contribution is -2.39. The fourth-order valence-corrected chi connectivity index (χ4v) is 3.32. The first kappa shape index (κ1) is 18.3. The van der Waals surface area contributed by atoms with Gasteiger partial charge in [-0.3, -0.25) is 4.79 Å². The molecular weight excluding hydrogens is 326 g/mol. The van der Waals surface area contributed by atoms with Crippen molar-refractivity contribution in [1.29, 1.82) is 0 Å². The largest absolute Gasteiger partial charge is 0.491 e. The zero-order chi connectivity index (χ0) is 18.4. The average Bonchev–Trinajstić information content (AvgIpc) is 2.65. The summed E-state index contributed by atoms with van der Waals surface area (Å²) in [6, 6.07) is 13.9. The molecule has 2 aromatic carbocycles. The van der Waals surface area contributed by atoms with Crippen molar-refractivity contribution in [3.8, 4) is 11.5 Å². The van der Waals surface area contributed by atoms with Gasteiger partial charge in [0.2, 0.25) is 0 Å². The highest BCUT2D eigenvalue weighted by Gasteiger charge is 2.15. The number of amides is 1. The Kier molecular flexibility index (Phi) is 6.16. The molecule has 1 atom stereocenters. The van der Waals surface area contributed by atoms with E-state index in [9.17, 15) is 4.79 Å². The van der Waals surface area contributed by atoms with Gasteiger partial charge in [-0.25, -0.2) is 0 Å². The molecule has 4 nitrogen and oxygen atoms in total. The molecule has 0 saturated carbocycles. The number of carbonyl (C=O) groups excluding carboxylic acids is 1. The van der Waals surface area contributed by atoms with Crippen molar-refractivity contribution in [2.24, 2.45) is 0 Å². The predicted molar refractivity (Wildman–Crippen MR) is 103 cm³/mol. The molecule has 1 aliphatic carbocycles. The van der Waals surface area contributed by atoms with Gasteiger partial charge in [-0.15, -0.1) is 0 Å². The molecule has 0 radical (unpaired) electrons. The SMILES string of the molecule is Cc1ccccc1OC[C@@H](C)NC(=O)COc1cccc2c1CCCC2. The fourth-order valence-electron chi connectivity index (χ4n) is 3.32. The van der Waals surface area contributed by atoms with Gasteiger partial charge in [-0.2, -0.15) is 0 Å². The number of benzene rings is 2. The first-order chi connectivity index (χ1) is 12.6. The van der Waals surface area contributed by atoms with Gasteiger partial charge in [0.15, 0.2) is 6.61 Å². The van der Waals surface area contributed by atoms with E-state index in [2.05, 4.69) is 11.4 Å². The van der Waals surface area contributed by atoms with E-state index >= 15 is 0 Å². The quantitative estimate of drug-likeness (QED) is 0.823. The molecule has 0 aliphatic heterocycles. The molecule has 0 spiro atoms. The van der Waals surface area contributed by atoms with Gasteiger partial charge in [0.05, 0.1) is 6.04 Å². The van der Waals surface area contributed by atoms with E-state index < -0.39 is 0 Å². The number of rotatable bonds is 7. The number of hydrogen-bond acceptors (Lipinski definition) is 3. The van der Waals surface area contributed by atoms with Gasteiger partial charge in [0.25, 0.3) is 5.91 Å². The smallest absolute Gasteiger partial charge is 0.258 e. The van der Waals surface area contributed by atoms with Crippen LogP contribution < -0.4 is 14.8 Å². The van der Waals surface area contributed by atoms with Gasteiger partial charge < -0.3 is 14.8 Å². The highest BCUT2D eigenvalue weighted by Crippen LogP contribution is 2.29. The van der Waals surface area contributed by atoms with Crippen molar-refractivity contribution >= 4 is 5.91 Å². The molecule has 2 aromatic rings. The summed E-state index contributed by atoms with van der Waals surface area (Å²) >= 11 is 0. The molecular formula is C22H27NO3. The lowest BCUT2D eigenvalue weighted by molar-refractivity contribution is -0.123. The Morgan fingerprint density at radius 1 is 1.04 bits per heavy atom. The molecule has 0 unspecified atom stereocenters. The van der Waals surface area contributed by atoms with Crippen LogP contribution in [0.2, 0.25) is 0 Å².